The number of amides is 6. The van der Waals surface area contributed by atoms with Crippen molar-refractivity contribution >= 4 is 75.2 Å². The van der Waals surface area contributed by atoms with E-state index >= 15 is 0 Å². The van der Waals surface area contributed by atoms with Crippen molar-refractivity contribution in [3.8, 4) is 5.75 Å². The van der Waals surface area contributed by atoms with Crippen LogP contribution in [-0.4, -0.2) is 59.9 Å². The van der Waals surface area contributed by atoms with Crippen LogP contribution < -0.4 is 19.4 Å². The number of benzene rings is 6. The summed E-state index contributed by atoms with van der Waals surface area (Å²) < 4.78 is 64.4. The van der Waals surface area contributed by atoms with Gasteiger partial charge in [0.05, 0.1) is 35.4 Å². The van der Waals surface area contributed by atoms with E-state index in [9.17, 15) is 41.9 Å². The second kappa shape index (κ2) is 22.8. The van der Waals surface area contributed by atoms with Gasteiger partial charge in [-0.1, -0.05) is 69.3 Å². The molecule has 18 heteroatoms. The highest BCUT2D eigenvalue weighted by molar-refractivity contribution is 6.22. The number of hydrogen-bond acceptors (Lipinski definition) is 12. The first-order chi connectivity index (χ1) is 35.3. The van der Waals surface area contributed by atoms with Crippen LogP contribution in [0.3, 0.4) is 0 Å². The summed E-state index contributed by atoms with van der Waals surface area (Å²) in [5.41, 5.74) is -4.45. The van der Waals surface area contributed by atoms with Crippen molar-refractivity contribution in [3.05, 3.63) is 156 Å². The molecular formula is C57H58F3N5O10. The van der Waals surface area contributed by atoms with Gasteiger partial charge in [0.1, 0.15) is 28.2 Å². The summed E-state index contributed by atoms with van der Waals surface area (Å²) in [6.45, 7) is 15.3. The van der Waals surface area contributed by atoms with E-state index in [1.165, 1.54) is 61.7 Å². The fourth-order valence-corrected chi connectivity index (χ4v) is 7.02. The Kier molecular flexibility index (Phi) is 17.0. The predicted octanol–water partition coefficient (Wildman–Crippen LogP) is 15.2. The first-order valence-corrected chi connectivity index (χ1v) is 24.0. The summed E-state index contributed by atoms with van der Waals surface area (Å²) in [5, 5.41) is 9.92. The van der Waals surface area contributed by atoms with Gasteiger partial charge in [-0.15, -0.1) is 10.2 Å². The molecule has 0 aromatic heterocycles. The zero-order valence-electron chi connectivity index (χ0n) is 43.3. The van der Waals surface area contributed by atoms with E-state index in [-0.39, 0.29) is 45.2 Å². The van der Waals surface area contributed by atoms with Crippen molar-refractivity contribution in [2.75, 3.05) is 21.8 Å². The highest BCUT2D eigenvalue weighted by atomic mass is 19.4. The quantitative estimate of drug-likeness (QED) is 0.0711. The molecule has 0 saturated heterocycles. The average Bonchev–Trinajstić information content (AvgIpc) is 3.38. The summed E-state index contributed by atoms with van der Waals surface area (Å²) in [5.74, 6) is -2.49. The average molecular weight is 1030 g/mol. The van der Waals surface area contributed by atoms with E-state index in [0.717, 1.165) is 21.9 Å². The molecule has 0 bridgehead atoms. The maximum absolute atomic E-state index is 14.9. The number of imide groups is 3. The van der Waals surface area contributed by atoms with Crippen molar-refractivity contribution in [3.63, 3.8) is 0 Å². The van der Waals surface area contributed by atoms with Crippen LogP contribution in [-0.2, 0) is 20.4 Å². The van der Waals surface area contributed by atoms with E-state index in [4.69, 9.17) is 18.9 Å². The number of azo groups is 1. The SMILES string of the molecule is CCC(C)(C)OC(=O)N(C(=O)c1ccccc1)c1ccc(N(C(=O)OC(C)(C)CC)C(=O)c2cc(N=Nc3cc(C(=O)N(C(=O)OC(C)(C)CC)c4cccc(C(F)(F)F)c4)ccc3OC)c3ccccc3c2)cc1. The van der Waals surface area contributed by atoms with Gasteiger partial charge in [0.2, 0.25) is 0 Å². The lowest BCUT2D eigenvalue weighted by Gasteiger charge is -2.29. The second-order valence-electron chi connectivity index (χ2n) is 19.1. The Morgan fingerprint density at radius 3 is 1.43 bits per heavy atom. The minimum atomic E-state index is -4.80. The lowest BCUT2D eigenvalue weighted by atomic mass is 10.0. The predicted molar refractivity (Wildman–Crippen MR) is 278 cm³/mol. The molecule has 0 unspecified atom stereocenters. The number of anilines is 3. The van der Waals surface area contributed by atoms with Crippen LogP contribution in [0.1, 0.15) is 118 Å². The van der Waals surface area contributed by atoms with Crippen molar-refractivity contribution < 1.29 is 60.9 Å². The fourth-order valence-electron chi connectivity index (χ4n) is 7.02. The molecule has 6 rings (SSSR count). The number of nitrogens with zero attached hydrogens (tertiary/aromatic N) is 5. The van der Waals surface area contributed by atoms with Gasteiger partial charge in [-0.3, -0.25) is 14.4 Å². The highest BCUT2D eigenvalue weighted by Crippen LogP contribution is 2.37. The zero-order chi connectivity index (χ0) is 55.0. The van der Waals surface area contributed by atoms with Crippen molar-refractivity contribution in [1.82, 2.24) is 0 Å². The number of fused-ring (bicyclic) bond motifs is 1. The van der Waals surface area contributed by atoms with E-state index < -0.39 is 70.2 Å². The molecule has 15 nitrogen and oxygen atoms in total. The van der Waals surface area contributed by atoms with Gasteiger partial charge >= 0.3 is 24.5 Å². The molecule has 0 heterocycles. The van der Waals surface area contributed by atoms with E-state index in [0.29, 0.717) is 41.0 Å². The number of hydrogen-bond donors (Lipinski definition) is 0. The number of halogens is 3. The van der Waals surface area contributed by atoms with E-state index in [1.807, 2.05) is 6.92 Å². The van der Waals surface area contributed by atoms with Crippen molar-refractivity contribution in [2.45, 2.75) is 105 Å². The molecule has 6 amide bonds. The normalized spacial score (nSPS) is 12.0. The number of alkyl halides is 3. The van der Waals surface area contributed by atoms with E-state index in [2.05, 4.69) is 10.2 Å². The van der Waals surface area contributed by atoms with Crippen LogP contribution in [0.4, 0.5) is 56.0 Å². The van der Waals surface area contributed by atoms with Crippen LogP contribution in [0.2, 0.25) is 0 Å². The lowest BCUT2D eigenvalue weighted by Crippen LogP contribution is -2.42. The molecule has 75 heavy (non-hydrogen) atoms. The van der Waals surface area contributed by atoms with Crippen LogP contribution in [0.5, 0.6) is 5.75 Å². The number of rotatable bonds is 15. The Labute approximate surface area is 432 Å². The third kappa shape index (κ3) is 13.4. The molecule has 0 aliphatic heterocycles. The standard InChI is InChI=1S/C57H58F3N5O10/c1-11-54(4,5)73-51(69)63(48(66)36-20-15-14-16-21-36)41-27-29-42(30-28-41)64(52(70)74-55(6,7)12-2)50(68)39-32-37-22-17-18-25-44(37)45(34-39)61-62-46-33-38(26-31-47(46)72-10)49(67)65(53(71)75-56(8,9)13-3)43-24-19-23-40(35-43)57(58,59)60/h14-35H,11-13H2,1-10H3. The Balaban J connectivity index is 1.42. The van der Waals surface area contributed by atoms with Gasteiger partial charge < -0.3 is 18.9 Å². The third-order valence-corrected chi connectivity index (χ3v) is 12.4. The first kappa shape index (κ1) is 55.9. The smallest absolute Gasteiger partial charge is 0.422 e. The maximum Gasteiger partial charge on any atom is 0.422 e. The molecule has 0 spiro atoms. The monoisotopic (exact) mass is 1030 g/mol. The molecule has 0 radical (unpaired) electrons. The molecule has 0 aliphatic rings. The number of carbonyl (C=O) groups is 6. The first-order valence-electron chi connectivity index (χ1n) is 24.0. The Morgan fingerprint density at radius 2 is 0.920 bits per heavy atom. The molecular weight excluding hydrogens is 972 g/mol. The minimum absolute atomic E-state index is 0.0129. The van der Waals surface area contributed by atoms with Gasteiger partial charge in [-0.25, -0.2) is 29.1 Å². The Bertz CT molecular complexity index is 3140. The molecule has 392 valence electrons. The second-order valence-corrected chi connectivity index (χ2v) is 19.1. The molecule has 6 aromatic carbocycles. The van der Waals surface area contributed by atoms with Gasteiger partial charge in [0.15, 0.2) is 0 Å². The largest absolute Gasteiger partial charge is 0.494 e. The zero-order valence-corrected chi connectivity index (χ0v) is 43.3. The minimum Gasteiger partial charge on any atom is -0.494 e. The summed E-state index contributed by atoms with van der Waals surface area (Å²) in [4.78, 5) is 87.1. The molecule has 0 N–H and O–H groups in total. The van der Waals surface area contributed by atoms with Crippen molar-refractivity contribution in [2.24, 2.45) is 10.2 Å². The van der Waals surface area contributed by atoms with Gasteiger partial charge in [-0.05, 0) is 151 Å². The van der Waals surface area contributed by atoms with Gasteiger partial charge in [-0.2, -0.15) is 13.2 Å². The summed E-state index contributed by atoms with van der Waals surface area (Å²) in [6.07, 6.45) is -6.85. The van der Waals surface area contributed by atoms with E-state index in [1.54, 1.807) is 116 Å². The molecule has 0 fully saturated rings. The topological polar surface area (TPSA) is 174 Å². The van der Waals surface area contributed by atoms with Crippen LogP contribution in [0, 0.1) is 0 Å². The molecule has 0 atom stereocenters. The summed E-state index contributed by atoms with van der Waals surface area (Å²) >= 11 is 0. The van der Waals surface area contributed by atoms with Gasteiger partial charge in [0.25, 0.3) is 17.7 Å². The molecule has 6 aromatic rings. The molecule has 0 aliphatic carbocycles. The molecule has 0 saturated carbocycles. The highest BCUT2D eigenvalue weighted by Gasteiger charge is 2.37. The van der Waals surface area contributed by atoms with Crippen LogP contribution in [0.15, 0.2) is 144 Å². The summed E-state index contributed by atoms with van der Waals surface area (Å²) in [6, 6.07) is 31.1. The van der Waals surface area contributed by atoms with Crippen LogP contribution >= 0.6 is 0 Å². The number of methoxy groups -OCH3 is 1. The summed E-state index contributed by atoms with van der Waals surface area (Å²) in [7, 11) is 1.33. The maximum atomic E-state index is 14.9. The third-order valence-electron chi connectivity index (χ3n) is 12.4. The van der Waals surface area contributed by atoms with Crippen LogP contribution in [0.25, 0.3) is 10.8 Å². The fraction of sp³-hybridized carbons (Fsp3) is 0.298. The Morgan fingerprint density at radius 1 is 0.467 bits per heavy atom. The number of ether oxygens (including phenoxy) is 4. The van der Waals surface area contributed by atoms with Gasteiger partial charge in [0, 0.05) is 22.1 Å². The van der Waals surface area contributed by atoms with Crippen molar-refractivity contribution in [1.29, 1.82) is 0 Å². The Hall–Kier alpha value is -8.41. The lowest BCUT2D eigenvalue weighted by molar-refractivity contribution is -0.137. The number of carbonyl (C=O) groups excluding carboxylic acids is 6.